The normalized spacial score (nSPS) is 15.5. The maximum absolute atomic E-state index is 12.9. The molecule has 2 aromatic heterocycles. The number of thiophene rings is 1. The topological polar surface area (TPSA) is 69.9 Å². The molecule has 0 saturated carbocycles. The molecule has 1 aliphatic heterocycles. The first kappa shape index (κ1) is 17.0. The lowest BCUT2D eigenvalue weighted by Crippen LogP contribution is -2.60. The van der Waals surface area contributed by atoms with Crippen LogP contribution in [0.1, 0.15) is 24.4 Å². The molecule has 26 heavy (non-hydrogen) atoms. The number of nitrogens with zero attached hydrogens (tertiary/aromatic N) is 3. The maximum Gasteiger partial charge on any atom is 0.325 e. The Kier molecular flexibility index (Phi) is 4.37. The zero-order chi connectivity index (χ0) is 18.3. The Balaban J connectivity index is 2.09. The molecule has 6 nitrogen and oxygen atoms in total. The average molecular weight is 385 g/mol. The zero-order valence-corrected chi connectivity index (χ0v) is 15.9. The number of aromatic amines is 1. The van der Waals surface area contributed by atoms with Crippen molar-refractivity contribution in [2.24, 2.45) is 0 Å². The van der Waals surface area contributed by atoms with Gasteiger partial charge in [-0.05, 0) is 34.5 Å². The van der Waals surface area contributed by atoms with E-state index in [0.717, 1.165) is 10.6 Å². The van der Waals surface area contributed by atoms with E-state index in [1.54, 1.807) is 20.9 Å². The van der Waals surface area contributed by atoms with E-state index < -0.39 is 6.17 Å². The van der Waals surface area contributed by atoms with Gasteiger partial charge in [0.1, 0.15) is 0 Å². The minimum atomic E-state index is -0.472. The first-order chi connectivity index (χ1) is 12.7. The molecule has 1 aromatic carbocycles. The summed E-state index contributed by atoms with van der Waals surface area (Å²) >= 11 is 2.91. The predicted molar refractivity (Wildman–Crippen MR) is 103 cm³/mol. The number of aromatic nitrogens is 3. The van der Waals surface area contributed by atoms with E-state index in [-0.39, 0.29) is 11.5 Å². The summed E-state index contributed by atoms with van der Waals surface area (Å²) in [6, 6.07) is 11.4. The summed E-state index contributed by atoms with van der Waals surface area (Å²) in [6.07, 6.45) is 1.75. The SMILES string of the molecule is CCC(=O)N1c2ccccc2-c2c(=O)[nH]c(SC)n[n+]2C1c1cccs1. The van der Waals surface area contributed by atoms with Gasteiger partial charge in [0.2, 0.25) is 11.1 Å². The van der Waals surface area contributed by atoms with E-state index in [4.69, 9.17) is 0 Å². The van der Waals surface area contributed by atoms with Gasteiger partial charge in [0.05, 0.1) is 16.1 Å². The van der Waals surface area contributed by atoms with Crippen LogP contribution in [0, 0.1) is 0 Å². The smallest absolute Gasteiger partial charge is 0.291 e. The van der Waals surface area contributed by atoms with Crippen molar-refractivity contribution in [2.45, 2.75) is 24.7 Å². The summed E-state index contributed by atoms with van der Waals surface area (Å²) in [7, 11) is 0. The third-order valence-electron chi connectivity index (χ3n) is 4.32. The molecule has 1 aliphatic rings. The van der Waals surface area contributed by atoms with Crippen LogP contribution < -0.4 is 15.1 Å². The molecule has 0 aliphatic carbocycles. The third-order valence-corrected chi connectivity index (χ3v) is 5.80. The summed E-state index contributed by atoms with van der Waals surface area (Å²) in [5, 5.41) is 7.12. The number of amides is 1. The number of carbonyl (C=O) groups is 1. The van der Waals surface area contributed by atoms with Crippen molar-refractivity contribution < 1.29 is 9.48 Å². The molecule has 3 aromatic rings. The molecule has 0 bridgehead atoms. The van der Waals surface area contributed by atoms with Crippen molar-refractivity contribution in [2.75, 3.05) is 11.2 Å². The minimum Gasteiger partial charge on any atom is -0.291 e. The van der Waals surface area contributed by atoms with Crippen LogP contribution in [0.15, 0.2) is 51.7 Å². The quantitative estimate of drug-likeness (QED) is 0.556. The fourth-order valence-electron chi connectivity index (χ4n) is 3.20. The number of H-pyrrole nitrogens is 1. The number of nitrogens with one attached hydrogen (secondary N) is 1. The van der Waals surface area contributed by atoms with Crippen LogP contribution in [-0.4, -0.2) is 22.2 Å². The number of benzene rings is 1. The largest absolute Gasteiger partial charge is 0.325 e. The van der Waals surface area contributed by atoms with Gasteiger partial charge in [0, 0.05) is 11.5 Å². The van der Waals surface area contributed by atoms with Gasteiger partial charge in [-0.3, -0.25) is 14.6 Å². The van der Waals surface area contributed by atoms with E-state index in [0.29, 0.717) is 22.8 Å². The lowest BCUT2D eigenvalue weighted by molar-refractivity contribution is -0.762. The molecule has 1 unspecified atom stereocenters. The van der Waals surface area contributed by atoms with Crippen molar-refractivity contribution in [3.05, 3.63) is 57.0 Å². The van der Waals surface area contributed by atoms with Crippen LogP contribution in [0.5, 0.6) is 0 Å². The van der Waals surface area contributed by atoms with Crippen LogP contribution in [-0.2, 0) is 4.79 Å². The van der Waals surface area contributed by atoms with E-state index >= 15 is 0 Å². The molecule has 1 amide bonds. The molecule has 8 heteroatoms. The second-order valence-electron chi connectivity index (χ2n) is 5.78. The highest BCUT2D eigenvalue weighted by molar-refractivity contribution is 7.98. The second kappa shape index (κ2) is 6.69. The standard InChI is InChI=1S/C18H16N4O2S2/c1-3-14(23)21-12-8-5-4-7-11(12)15-16(24)19-18(25-2)20-22(15)17(21)13-9-6-10-26-13/h4-10,17H,3H2,1-2H3/p+1. The van der Waals surface area contributed by atoms with Crippen LogP contribution in [0.2, 0.25) is 0 Å². The van der Waals surface area contributed by atoms with Crippen molar-refractivity contribution in [3.8, 4) is 11.3 Å². The number of hydrogen-bond acceptors (Lipinski definition) is 5. The Morgan fingerprint density at radius 3 is 2.85 bits per heavy atom. The Hall–Kier alpha value is -2.45. The fourth-order valence-corrected chi connectivity index (χ4v) is 4.36. The van der Waals surface area contributed by atoms with E-state index in [1.807, 2.05) is 55.0 Å². The number of para-hydroxylation sites is 1. The van der Waals surface area contributed by atoms with Crippen LogP contribution in [0.25, 0.3) is 11.3 Å². The molecule has 0 radical (unpaired) electrons. The number of carbonyl (C=O) groups excluding carboxylic acids is 1. The van der Waals surface area contributed by atoms with Gasteiger partial charge in [-0.2, -0.15) is 0 Å². The molecule has 0 saturated heterocycles. The third kappa shape index (κ3) is 2.57. The van der Waals surface area contributed by atoms with Gasteiger partial charge < -0.3 is 0 Å². The molecule has 3 heterocycles. The van der Waals surface area contributed by atoms with Gasteiger partial charge in [-0.15, -0.1) is 11.3 Å². The lowest BCUT2D eigenvalue weighted by atomic mass is 10.0. The molecule has 132 valence electrons. The Bertz CT molecular complexity index is 1030. The van der Waals surface area contributed by atoms with Crippen LogP contribution in [0.3, 0.4) is 0 Å². The van der Waals surface area contributed by atoms with Crippen molar-refractivity contribution >= 4 is 34.7 Å². The Labute approximate surface area is 158 Å². The number of fused-ring (bicyclic) bond motifs is 3. The highest BCUT2D eigenvalue weighted by atomic mass is 32.2. The fraction of sp³-hybridized carbons (Fsp3) is 0.222. The van der Waals surface area contributed by atoms with Gasteiger partial charge in [0.25, 0.3) is 0 Å². The van der Waals surface area contributed by atoms with Crippen LogP contribution in [0.4, 0.5) is 5.69 Å². The van der Waals surface area contributed by atoms with E-state index in [2.05, 4.69) is 10.1 Å². The number of rotatable bonds is 3. The summed E-state index contributed by atoms with van der Waals surface area (Å²) in [6.45, 7) is 1.84. The first-order valence-corrected chi connectivity index (χ1v) is 10.3. The minimum absolute atomic E-state index is 0.0122. The summed E-state index contributed by atoms with van der Waals surface area (Å²) in [5.41, 5.74) is 1.71. The van der Waals surface area contributed by atoms with Crippen molar-refractivity contribution in [3.63, 3.8) is 0 Å². The average Bonchev–Trinajstić information content (AvgIpc) is 3.20. The molecule has 0 fully saturated rings. The Morgan fingerprint density at radius 1 is 1.35 bits per heavy atom. The Morgan fingerprint density at radius 2 is 2.15 bits per heavy atom. The highest BCUT2D eigenvalue weighted by Crippen LogP contribution is 2.38. The van der Waals surface area contributed by atoms with Gasteiger partial charge in [-0.25, -0.2) is 4.90 Å². The van der Waals surface area contributed by atoms with Crippen molar-refractivity contribution in [1.29, 1.82) is 0 Å². The van der Waals surface area contributed by atoms with Crippen LogP contribution >= 0.6 is 23.1 Å². The summed E-state index contributed by atoms with van der Waals surface area (Å²) in [5.74, 6) is -0.0122. The molecule has 1 N–H and O–H groups in total. The second-order valence-corrected chi connectivity index (χ2v) is 7.55. The number of anilines is 1. The summed E-state index contributed by atoms with van der Waals surface area (Å²) in [4.78, 5) is 31.3. The van der Waals surface area contributed by atoms with E-state index in [9.17, 15) is 9.59 Å². The highest BCUT2D eigenvalue weighted by Gasteiger charge is 2.45. The zero-order valence-electron chi connectivity index (χ0n) is 14.3. The van der Waals surface area contributed by atoms with Gasteiger partial charge >= 0.3 is 17.4 Å². The predicted octanol–water partition coefficient (Wildman–Crippen LogP) is 2.81. The molecule has 0 spiro atoms. The van der Waals surface area contributed by atoms with Gasteiger partial charge in [-0.1, -0.05) is 36.9 Å². The number of hydrogen-bond donors (Lipinski definition) is 1. The molecule has 1 atom stereocenters. The lowest BCUT2D eigenvalue weighted by Gasteiger charge is -2.31. The van der Waals surface area contributed by atoms with E-state index in [1.165, 1.54) is 11.8 Å². The first-order valence-electron chi connectivity index (χ1n) is 8.20. The summed E-state index contributed by atoms with van der Waals surface area (Å²) < 4.78 is 1.69. The molecular formula is C18H17N4O2S2+. The number of thioether (sulfide) groups is 1. The van der Waals surface area contributed by atoms with Crippen molar-refractivity contribution in [1.82, 2.24) is 10.1 Å². The maximum atomic E-state index is 12.9. The molecule has 4 rings (SSSR count). The van der Waals surface area contributed by atoms with Gasteiger partial charge in [0.15, 0.2) is 0 Å². The molecular weight excluding hydrogens is 368 g/mol. The monoisotopic (exact) mass is 385 g/mol.